The van der Waals surface area contributed by atoms with Gasteiger partial charge in [-0.1, -0.05) is 59.9 Å². The van der Waals surface area contributed by atoms with Crippen LogP contribution in [0.15, 0.2) is 58.5 Å². The van der Waals surface area contributed by atoms with Crippen LogP contribution in [0, 0.1) is 0 Å². The fourth-order valence-electron chi connectivity index (χ4n) is 3.71. The quantitative estimate of drug-likeness (QED) is 0.356. The SMILES string of the molecule is CC(=O)NCc1ccc(CCl)cc1.CC(=O)NCc1ccc(CN2CCN(c3ncc(Br)s3)CC2)cc1. The lowest BCUT2D eigenvalue weighted by Crippen LogP contribution is -2.45. The molecule has 2 amide bonds. The first-order valence-electron chi connectivity index (χ1n) is 12.1. The highest BCUT2D eigenvalue weighted by molar-refractivity contribution is 9.11. The van der Waals surface area contributed by atoms with Crippen molar-refractivity contribution in [1.29, 1.82) is 0 Å². The van der Waals surface area contributed by atoms with E-state index in [1.54, 1.807) is 18.3 Å². The van der Waals surface area contributed by atoms with Crippen molar-refractivity contribution in [2.75, 3.05) is 31.1 Å². The first-order valence-corrected chi connectivity index (χ1v) is 14.3. The van der Waals surface area contributed by atoms with E-state index in [0.717, 1.165) is 58.3 Å². The second-order valence-corrected chi connectivity index (χ2v) is 11.5. The van der Waals surface area contributed by atoms with Crippen LogP contribution < -0.4 is 15.5 Å². The second kappa shape index (κ2) is 15.1. The Balaban J connectivity index is 0.000000248. The number of amides is 2. The van der Waals surface area contributed by atoms with Crippen LogP contribution in [-0.4, -0.2) is 47.9 Å². The number of nitrogens with one attached hydrogen (secondary N) is 2. The molecule has 3 aromatic rings. The lowest BCUT2D eigenvalue weighted by atomic mass is 10.1. The van der Waals surface area contributed by atoms with Crippen LogP contribution in [0.1, 0.15) is 36.1 Å². The fourth-order valence-corrected chi connectivity index (χ4v) is 5.12. The number of thiazole rings is 1. The van der Waals surface area contributed by atoms with Crippen molar-refractivity contribution in [2.24, 2.45) is 0 Å². The van der Waals surface area contributed by atoms with E-state index in [-0.39, 0.29) is 11.8 Å². The Kier molecular flexibility index (Phi) is 11.9. The van der Waals surface area contributed by atoms with Crippen molar-refractivity contribution in [3.05, 3.63) is 80.8 Å². The molecular formula is C27H33BrClN5O2S. The van der Waals surface area contributed by atoms with E-state index in [9.17, 15) is 9.59 Å². The average Bonchev–Trinajstić information content (AvgIpc) is 3.34. The Labute approximate surface area is 236 Å². The third-order valence-corrected chi connectivity index (χ3v) is 7.64. The molecule has 2 N–H and O–H groups in total. The Morgan fingerprint density at radius 2 is 1.35 bits per heavy atom. The number of hydrogen-bond acceptors (Lipinski definition) is 6. The molecule has 0 spiro atoms. The molecule has 1 aliphatic heterocycles. The summed E-state index contributed by atoms with van der Waals surface area (Å²) in [6.07, 6.45) is 1.87. The first kappa shape index (κ1) is 29.1. The number of alkyl halides is 1. The Bertz CT molecular complexity index is 1130. The molecule has 1 saturated heterocycles. The van der Waals surface area contributed by atoms with Gasteiger partial charge in [0.1, 0.15) is 0 Å². The van der Waals surface area contributed by atoms with Gasteiger partial charge in [-0.05, 0) is 38.2 Å². The van der Waals surface area contributed by atoms with Gasteiger partial charge in [-0.15, -0.1) is 11.6 Å². The molecule has 37 heavy (non-hydrogen) atoms. The van der Waals surface area contributed by atoms with E-state index >= 15 is 0 Å². The minimum absolute atomic E-state index is 0.00390. The Morgan fingerprint density at radius 1 is 0.865 bits per heavy atom. The summed E-state index contributed by atoms with van der Waals surface area (Å²) < 4.78 is 1.08. The smallest absolute Gasteiger partial charge is 0.217 e. The maximum atomic E-state index is 10.9. The van der Waals surface area contributed by atoms with Crippen LogP contribution in [0.4, 0.5) is 5.13 Å². The molecule has 0 atom stereocenters. The molecule has 0 radical (unpaired) electrons. The van der Waals surface area contributed by atoms with Gasteiger partial charge in [0.25, 0.3) is 0 Å². The van der Waals surface area contributed by atoms with Gasteiger partial charge in [-0.3, -0.25) is 14.5 Å². The topological polar surface area (TPSA) is 77.6 Å². The Morgan fingerprint density at radius 3 is 1.78 bits per heavy atom. The normalized spacial score (nSPS) is 13.5. The highest BCUT2D eigenvalue weighted by atomic mass is 79.9. The van der Waals surface area contributed by atoms with E-state index in [0.29, 0.717) is 19.0 Å². The predicted octanol–water partition coefficient (Wildman–Crippen LogP) is 4.93. The molecule has 0 aliphatic carbocycles. The van der Waals surface area contributed by atoms with Crippen LogP contribution in [-0.2, 0) is 35.1 Å². The summed E-state index contributed by atoms with van der Waals surface area (Å²) in [6.45, 7) is 9.31. The summed E-state index contributed by atoms with van der Waals surface area (Å²) in [7, 11) is 0. The molecule has 10 heteroatoms. The van der Waals surface area contributed by atoms with Gasteiger partial charge in [0.2, 0.25) is 11.8 Å². The average molecular weight is 607 g/mol. The van der Waals surface area contributed by atoms with Gasteiger partial charge < -0.3 is 15.5 Å². The van der Waals surface area contributed by atoms with Crippen molar-refractivity contribution in [2.45, 2.75) is 39.4 Å². The Hall–Kier alpha value is -2.46. The lowest BCUT2D eigenvalue weighted by Gasteiger charge is -2.34. The highest BCUT2D eigenvalue weighted by Gasteiger charge is 2.19. The third-order valence-electron chi connectivity index (χ3n) is 5.80. The molecule has 2 heterocycles. The number of aromatic nitrogens is 1. The van der Waals surface area contributed by atoms with Crippen molar-refractivity contribution in [1.82, 2.24) is 20.5 Å². The molecule has 1 fully saturated rings. The van der Waals surface area contributed by atoms with Gasteiger partial charge in [0.05, 0.1) is 9.98 Å². The second-order valence-electron chi connectivity index (χ2n) is 8.80. The van der Waals surface area contributed by atoms with E-state index in [1.165, 1.54) is 12.5 Å². The summed E-state index contributed by atoms with van der Waals surface area (Å²) in [5.41, 5.74) is 4.62. The number of benzene rings is 2. The predicted molar refractivity (Wildman–Crippen MR) is 155 cm³/mol. The van der Waals surface area contributed by atoms with Gasteiger partial charge in [0.15, 0.2) is 5.13 Å². The molecule has 7 nitrogen and oxygen atoms in total. The largest absolute Gasteiger partial charge is 0.352 e. The van der Waals surface area contributed by atoms with Gasteiger partial charge in [-0.2, -0.15) is 0 Å². The number of piperazine rings is 1. The number of hydrogen-bond donors (Lipinski definition) is 2. The number of anilines is 1. The van der Waals surface area contributed by atoms with Crippen LogP contribution >= 0.6 is 38.9 Å². The molecule has 1 aromatic heterocycles. The van der Waals surface area contributed by atoms with E-state index < -0.39 is 0 Å². The molecular weight excluding hydrogens is 574 g/mol. The standard InChI is InChI=1S/C17H21BrN4OS.C10H12ClNO/c1-13(23)19-10-14-2-4-15(5-3-14)12-21-6-8-22(9-7-21)17-20-11-16(18)24-17;1-8(13)12-7-10-4-2-9(6-11)3-5-10/h2-5,11H,6-10,12H2,1H3,(H,19,23);2-5H,6-7H2,1H3,(H,12,13). The van der Waals surface area contributed by atoms with E-state index in [2.05, 4.69) is 65.6 Å². The number of nitrogens with zero attached hydrogens (tertiary/aromatic N) is 3. The van der Waals surface area contributed by atoms with Gasteiger partial charge >= 0.3 is 0 Å². The van der Waals surface area contributed by atoms with Crippen molar-refractivity contribution in [3.63, 3.8) is 0 Å². The fraction of sp³-hybridized carbons (Fsp3) is 0.370. The molecule has 0 bridgehead atoms. The zero-order valence-corrected chi connectivity index (χ0v) is 24.3. The first-order chi connectivity index (χ1) is 17.8. The molecule has 0 unspecified atom stereocenters. The van der Waals surface area contributed by atoms with Gasteiger partial charge in [-0.25, -0.2) is 4.98 Å². The maximum absolute atomic E-state index is 10.9. The minimum atomic E-state index is -0.0126. The summed E-state index contributed by atoms with van der Waals surface area (Å²) in [6, 6.07) is 16.3. The zero-order valence-electron chi connectivity index (χ0n) is 21.2. The zero-order chi connectivity index (χ0) is 26.6. The molecule has 198 valence electrons. The van der Waals surface area contributed by atoms with Crippen LogP contribution in [0.2, 0.25) is 0 Å². The number of rotatable bonds is 8. The van der Waals surface area contributed by atoms with Crippen LogP contribution in [0.5, 0.6) is 0 Å². The van der Waals surface area contributed by atoms with Crippen molar-refractivity contribution in [3.8, 4) is 0 Å². The summed E-state index contributed by atoms with van der Waals surface area (Å²) >= 11 is 10.8. The summed E-state index contributed by atoms with van der Waals surface area (Å²) in [5, 5.41) is 6.65. The highest BCUT2D eigenvalue weighted by Crippen LogP contribution is 2.27. The molecule has 4 rings (SSSR count). The van der Waals surface area contributed by atoms with Gasteiger partial charge in [0, 0.05) is 65.5 Å². The summed E-state index contributed by atoms with van der Waals surface area (Å²) in [5.74, 6) is 0.520. The lowest BCUT2D eigenvalue weighted by molar-refractivity contribution is -0.120. The number of carbonyl (C=O) groups excluding carboxylic acids is 2. The monoisotopic (exact) mass is 605 g/mol. The van der Waals surface area contributed by atoms with E-state index in [4.69, 9.17) is 11.6 Å². The van der Waals surface area contributed by atoms with Crippen molar-refractivity contribution < 1.29 is 9.59 Å². The summed E-state index contributed by atoms with van der Waals surface area (Å²) in [4.78, 5) is 30.8. The number of halogens is 2. The number of carbonyl (C=O) groups is 2. The van der Waals surface area contributed by atoms with Crippen molar-refractivity contribution >= 4 is 55.8 Å². The van der Waals surface area contributed by atoms with Crippen LogP contribution in [0.25, 0.3) is 0 Å². The van der Waals surface area contributed by atoms with E-state index in [1.807, 2.05) is 30.5 Å². The molecule has 1 aliphatic rings. The molecule has 0 saturated carbocycles. The van der Waals surface area contributed by atoms with Crippen LogP contribution in [0.3, 0.4) is 0 Å². The maximum Gasteiger partial charge on any atom is 0.217 e. The third kappa shape index (κ3) is 10.4. The molecule has 2 aromatic carbocycles. The minimum Gasteiger partial charge on any atom is -0.352 e.